The lowest BCUT2D eigenvalue weighted by Gasteiger charge is -2.28. The first kappa shape index (κ1) is 17.2. The van der Waals surface area contributed by atoms with Crippen molar-refractivity contribution in [2.24, 2.45) is 5.92 Å². The number of carboxylic acids is 1. The molecule has 1 saturated heterocycles. The number of carbonyl (C=O) groups is 2. The molecule has 0 spiro atoms. The first-order chi connectivity index (χ1) is 12.0. The summed E-state index contributed by atoms with van der Waals surface area (Å²) in [6.45, 7) is 2.90. The highest BCUT2D eigenvalue weighted by molar-refractivity contribution is 5.96. The van der Waals surface area contributed by atoms with E-state index < -0.39 is 17.9 Å². The van der Waals surface area contributed by atoms with E-state index in [1.165, 1.54) is 0 Å². The van der Waals surface area contributed by atoms with E-state index in [1.54, 1.807) is 28.9 Å². The second-order valence-electron chi connectivity index (χ2n) is 6.22. The number of aromatic nitrogens is 2. The number of carbonyl (C=O) groups excluding carboxylic acids is 1. The van der Waals surface area contributed by atoms with Gasteiger partial charge in [0.1, 0.15) is 6.04 Å². The zero-order valence-electron chi connectivity index (χ0n) is 14.0. The maximum Gasteiger partial charge on any atom is 0.326 e. The highest BCUT2D eigenvalue weighted by Gasteiger charge is 2.31. The zero-order chi connectivity index (χ0) is 17.8. The Bertz CT molecular complexity index is 748. The molecule has 132 valence electrons. The lowest BCUT2D eigenvalue weighted by molar-refractivity contribution is -0.142. The summed E-state index contributed by atoms with van der Waals surface area (Å²) in [5.74, 6) is -1.64. The molecular weight excluding hydrogens is 322 g/mol. The molecule has 1 amide bonds. The highest BCUT2D eigenvalue weighted by Crippen LogP contribution is 2.18. The number of aryl methyl sites for hydroxylation is 1. The van der Waals surface area contributed by atoms with Crippen LogP contribution in [-0.2, 0) is 9.53 Å². The molecule has 1 aliphatic heterocycles. The number of rotatable bonds is 5. The maximum atomic E-state index is 12.4. The Morgan fingerprint density at radius 1 is 1.32 bits per heavy atom. The van der Waals surface area contributed by atoms with Gasteiger partial charge in [0, 0.05) is 24.3 Å². The molecule has 2 atom stereocenters. The van der Waals surface area contributed by atoms with Crippen LogP contribution in [0.2, 0.25) is 0 Å². The minimum Gasteiger partial charge on any atom is -0.480 e. The van der Waals surface area contributed by atoms with Crippen molar-refractivity contribution in [3.8, 4) is 5.69 Å². The lowest BCUT2D eigenvalue weighted by Crippen LogP contribution is -2.48. The van der Waals surface area contributed by atoms with Gasteiger partial charge < -0.3 is 15.2 Å². The van der Waals surface area contributed by atoms with Gasteiger partial charge in [-0.2, -0.15) is 5.10 Å². The molecular formula is C18H21N3O4. The van der Waals surface area contributed by atoms with E-state index in [2.05, 4.69) is 10.4 Å². The van der Waals surface area contributed by atoms with Crippen LogP contribution >= 0.6 is 0 Å². The molecule has 2 unspecified atom stereocenters. The molecule has 25 heavy (non-hydrogen) atoms. The van der Waals surface area contributed by atoms with Crippen LogP contribution in [0.1, 0.15) is 28.9 Å². The van der Waals surface area contributed by atoms with Crippen molar-refractivity contribution in [2.45, 2.75) is 25.8 Å². The van der Waals surface area contributed by atoms with Crippen LogP contribution in [-0.4, -0.2) is 46.0 Å². The predicted molar refractivity (Wildman–Crippen MR) is 90.7 cm³/mol. The number of nitrogens with one attached hydrogen (secondary N) is 1. The molecule has 0 saturated carbocycles. The van der Waals surface area contributed by atoms with Gasteiger partial charge >= 0.3 is 5.97 Å². The van der Waals surface area contributed by atoms with Crippen LogP contribution in [0.3, 0.4) is 0 Å². The largest absolute Gasteiger partial charge is 0.480 e. The van der Waals surface area contributed by atoms with E-state index in [0.717, 1.165) is 24.2 Å². The van der Waals surface area contributed by atoms with Gasteiger partial charge in [-0.3, -0.25) is 4.79 Å². The molecule has 2 N–H and O–H groups in total. The first-order valence-corrected chi connectivity index (χ1v) is 8.29. The van der Waals surface area contributed by atoms with E-state index in [4.69, 9.17) is 4.74 Å². The van der Waals surface area contributed by atoms with Gasteiger partial charge in [-0.15, -0.1) is 0 Å². The Hall–Kier alpha value is -2.67. The predicted octanol–water partition coefficient (Wildman–Crippen LogP) is 1.79. The number of nitrogens with zero attached hydrogens (tertiary/aromatic N) is 2. The van der Waals surface area contributed by atoms with Crippen molar-refractivity contribution in [3.05, 3.63) is 47.8 Å². The van der Waals surface area contributed by atoms with Crippen molar-refractivity contribution in [1.82, 2.24) is 15.1 Å². The Morgan fingerprint density at radius 2 is 2.08 bits per heavy atom. The number of amides is 1. The average molecular weight is 343 g/mol. The van der Waals surface area contributed by atoms with Gasteiger partial charge in [-0.05, 0) is 50.1 Å². The molecule has 1 fully saturated rings. The van der Waals surface area contributed by atoms with Crippen LogP contribution in [0.5, 0.6) is 0 Å². The van der Waals surface area contributed by atoms with Crippen LogP contribution < -0.4 is 5.32 Å². The molecule has 1 aliphatic rings. The van der Waals surface area contributed by atoms with E-state index in [0.29, 0.717) is 18.8 Å². The molecule has 7 nitrogen and oxygen atoms in total. The van der Waals surface area contributed by atoms with E-state index in [1.807, 2.05) is 19.2 Å². The second kappa shape index (κ2) is 7.48. The standard InChI is InChI=1S/C18H21N3O4/c1-12-8-9-21(20-12)15-6-4-13(5-7-15)17(22)19-16(18(23)24)14-3-2-10-25-11-14/h4-9,14,16H,2-3,10-11H2,1H3,(H,19,22)(H,23,24). The Morgan fingerprint density at radius 3 is 2.64 bits per heavy atom. The van der Waals surface area contributed by atoms with Gasteiger partial charge in [-0.1, -0.05) is 0 Å². The summed E-state index contributed by atoms with van der Waals surface area (Å²) in [5.41, 5.74) is 2.15. The van der Waals surface area contributed by atoms with Crippen LogP contribution in [0.15, 0.2) is 36.5 Å². The summed E-state index contributed by atoms with van der Waals surface area (Å²) in [6, 6.07) is 7.84. The normalized spacial score (nSPS) is 18.5. The number of aliphatic carboxylic acids is 1. The maximum absolute atomic E-state index is 12.4. The fourth-order valence-corrected chi connectivity index (χ4v) is 2.96. The van der Waals surface area contributed by atoms with Gasteiger partial charge in [0.15, 0.2) is 0 Å². The summed E-state index contributed by atoms with van der Waals surface area (Å²) < 4.78 is 7.06. The number of hydrogen-bond acceptors (Lipinski definition) is 4. The van der Waals surface area contributed by atoms with Gasteiger partial charge in [0.2, 0.25) is 0 Å². The monoisotopic (exact) mass is 343 g/mol. The minimum atomic E-state index is -1.03. The van der Waals surface area contributed by atoms with Crippen LogP contribution in [0, 0.1) is 12.8 Å². The summed E-state index contributed by atoms with van der Waals surface area (Å²) in [7, 11) is 0. The molecule has 7 heteroatoms. The molecule has 0 bridgehead atoms. The summed E-state index contributed by atoms with van der Waals surface area (Å²) in [5, 5.41) is 16.4. The smallest absolute Gasteiger partial charge is 0.326 e. The third kappa shape index (κ3) is 4.06. The van der Waals surface area contributed by atoms with Crippen LogP contribution in [0.25, 0.3) is 5.69 Å². The van der Waals surface area contributed by atoms with Crippen molar-refractivity contribution < 1.29 is 19.4 Å². The number of hydrogen-bond donors (Lipinski definition) is 2. The molecule has 0 radical (unpaired) electrons. The Labute approximate surface area is 145 Å². The van der Waals surface area contributed by atoms with Crippen molar-refractivity contribution in [2.75, 3.05) is 13.2 Å². The molecule has 2 aromatic rings. The van der Waals surface area contributed by atoms with Crippen molar-refractivity contribution in [3.63, 3.8) is 0 Å². The minimum absolute atomic E-state index is 0.207. The van der Waals surface area contributed by atoms with Gasteiger partial charge in [-0.25, -0.2) is 9.48 Å². The highest BCUT2D eigenvalue weighted by atomic mass is 16.5. The molecule has 0 aliphatic carbocycles. The third-order valence-corrected chi connectivity index (χ3v) is 4.34. The molecule has 1 aromatic carbocycles. The van der Waals surface area contributed by atoms with E-state index in [-0.39, 0.29) is 5.92 Å². The quantitative estimate of drug-likeness (QED) is 0.863. The third-order valence-electron chi connectivity index (χ3n) is 4.34. The Kier molecular flexibility index (Phi) is 5.14. The average Bonchev–Trinajstić information content (AvgIpc) is 3.06. The summed E-state index contributed by atoms with van der Waals surface area (Å²) in [4.78, 5) is 23.9. The number of benzene rings is 1. The molecule has 1 aromatic heterocycles. The summed E-state index contributed by atoms with van der Waals surface area (Å²) >= 11 is 0. The SMILES string of the molecule is Cc1ccn(-c2ccc(C(=O)NC(C(=O)O)C3CCCOC3)cc2)n1. The second-order valence-corrected chi connectivity index (χ2v) is 6.22. The van der Waals surface area contributed by atoms with Crippen LogP contribution in [0.4, 0.5) is 0 Å². The fraction of sp³-hybridized carbons (Fsp3) is 0.389. The van der Waals surface area contributed by atoms with Crippen molar-refractivity contribution in [1.29, 1.82) is 0 Å². The van der Waals surface area contributed by atoms with E-state index in [9.17, 15) is 14.7 Å². The zero-order valence-corrected chi connectivity index (χ0v) is 14.0. The number of carboxylic acid groups (broad SMARTS) is 1. The van der Waals surface area contributed by atoms with Crippen molar-refractivity contribution >= 4 is 11.9 Å². The summed E-state index contributed by atoms with van der Waals surface area (Å²) in [6.07, 6.45) is 3.38. The number of ether oxygens (including phenoxy) is 1. The fourth-order valence-electron chi connectivity index (χ4n) is 2.96. The topological polar surface area (TPSA) is 93.5 Å². The van der Waals surface area contributed by atoms with Gasteiger partial charge in [0.05, 0.1) is 18.0 Å². The first-order valence-electron chi connectivity index (χ1n) is 8.29. The molecule has 3 rings (SSSR count). The molecule has 2 heterocycles. The Balaban J connectivity index is 1.70. The lowest BCUT2D eigenvalue weighted by atomic mass is 9.93. The van der Waals surface area contributed by atoms with E-state index >= 15 is 0 Å². The van der Waals surface area contributed by atoms with Gasteiger partial charge in [0.25, 0.3) is 5.91 Å².